The summed E-state index contributed by atoms with van der Waals surface area (Å²) >= 11 is 0. The maximum Gasteiger partial charge on any atom is 0.573 e. The Hall–Kier alpha value is -2.17. The zero-order chi connectivity index (χ0) is 18.3. The number of halogens is 3. The van der Waals surface area contributed by atoms with E-state index in [0.29, 0.717) is 6.61 Å². The minimum Gasteiger partial charge on any atom is -0.493 e. The van der Waals surface area contributed by atoms with Crippen molar-refractivity contribution in [3.05, 3.63) is 48.0 Å². The first kappa shape index (κ1) is 19.2. The van der Waals surface area contributed by atoms with Crippen LogP contribution in [-0.2, 0) is 6.42 Å². The molecule has 0 aliphatic carbocycles. The number of unbranched alkanes of at least 4 members (excludes halogenated alkanes) is 2. The average molecular weight is 352 g/mol. The minimum absolute atomic E-state index is 0.225. The molecule has 0 saturated heterocycles. The predicted octanol–water partition coefficient (Wildman–Crippen LogP) is 6.38. The maximum atomic E-state index is 12.2. The Morgan fingerprint density at radius 2 is 1.56 bits per heavy atom. The lowest BCUT2D eigenvalue weighted by atomic mass is 10.0. The van der Waals surface area contributed by atoms with E-state index in [0.717, 1.165) is 48.1 Å². The van der Waals surface area contributed by atoms with Crippen molar-refractivity contribution in [3.8, 4) is 22.6 Å². The van der Waals surface area contributed by atoms with Gasteiger partial charge in [0.15, 0.2) is 0 Å². The Balaban J connectivity index is 2.15. The molecule has 0 heterocycles. The van der Waals surface area contributed by atoms with Crippen molar-refractivity contribution in [2.45, 2.75) is 45.9 Å². The molecule has 2 nitrogen and oxygen atoms in total. The molecule has 2 rings (SSSR count). The first-order valence-electron chi connectivity index (χ1n) is 8.55. The third kappa shape index (κ3) is 6.00. The van der Waals surface area contributed by atoms with Crippen LogP contribution in [-0.4, -0.2) is 13.0 Å². The molecule has 0 amide bonds. The third-order valence-electron chi connectivity index (χ3n) is 3.87. The van der Waals surface area contributed by atoms with E-state index in [1.54, 1.807) is 12.1 Å². The molecule has 0 bridgehead atoms. The average Bonchev–Trinajstić information content (AvgIpc) is 2.58. The van der Waals surface area contributed by atoms with Crippen LogP contribution in [0.3, 0.4) is 0 Å². The van der Waals surface area contributed by atoms with Crippen molar-refractivity contribution in [2.75, 3.05) is 6.61 Å². The van der Waals surface area contributed by atoms with E-state index in [9.17, 15) is 13.2 Å². The summed E-state index contributed by atoms with van der Waals surface area (Å²) in [6.45, 7) is 4.88. The Morgan fingerprint density at radius 1 is 0.880 bits per heavy atom. The molecule has 25 heavy (non-hydrogen) atoms. The molecule has 2 aromatic rings. The van der Waals surface area contributed by atoms with E-state index in [2.05, 4.69) is 18.6 Å². The number of rotatable bonds is 8. The van der Waals surface area contributed by atoms with Crippen molar-refractivity contribution in [2.24, 2.45) is 0 Å². The van der Waals surface area contributed by atoms with Crippen LogP contribution in [0, 0.1) is 0 Å². The molecule has 0 aromatic heterocycles. The molecule has 0 spiro atoms. The summed E-state index contributed by atoms with van der Waals surface area (Å²) in [4.78, 5) is 0. The second-order valence-electron chi connectivity index (χ2n) is 5.80. The summed E-state index contributed by atoms with van der Waals surface area (Å²) in [6, 6.07) is 11.8. The molecule has 5 heteroatoms. The fraction of sp³-hybridized carbons (Fsp3) is 0.400. The Morgan fingerprint density at radius 3 is 2.16 bits per heavy atom. The van der Waals surface area contributed by atoms with Gasteiger partial charge in [-0.05, 0) is 47.7 Å². The number of hydrogen-bond donors (Lipinski definition) is 0. The molecule has 0 aliphatic rings. The number of ether oxygens (including phenoxy) is 2. The summed E-state index contributed by atoms with van der Waals surface area (Å²) < 4.78 is 46.5. The van der Waals surface area contributed by atoms with Gasteiger partial charge in [-0.15, -0.1) is 13.2 Å². The van der Waals surface area contributed by atoms with Gasteiger partial charge in [0.05, 0.1) is 6.61 Å². The van der Waals surface area contributed by atoms with Crippen LogP contribution in [0.5, 0.6) is 11.5 Å². The zero-order valence-corrected chi connectivity index (χ0v) is 14.5. The predicted molar refractivity (Wildman–Crippen MR) is 93.0 cm³/mol. The van der Waals surface area contributed by atoms with Crippen LogP contribution < -0.4 is 9.47 Å². The third-order valence-corrected chi connectivity index (χ3v) is 3.87. The van der Waals surface area contributed by atoms with Crippen LogP contribution in [0.15, 0.2) is 42.5 Å². The van der Waals surface area contributed by atoms with Gasteiger partial charge in [-0.1, -0.05) is 51.0 Å². The van der Waals surface area contributed by atoms with Crippen LogP contribution in [0.1, 0.15) is 38.7 Å². The van der Waals surface area contributed by atoms with E-state index >= 15 is 0 Å². The first-order valence-corrected chi connectivity index (χ1v) is 8.55. The monoisotopic (exact) mass is 352 g/mol. The van der Waals surface area contributed by atoms with Gasteiger partial charge in [-0.3, -0.25) is 0 Å². The summed E-state index contributed by atoms with van der Waals surface area (Å²) in [5.74, 6) is 0.615. The lowest BCUT2D eigenvalue weighted by Crippen LogP contribution is -2.16. The highest BCUT2D eigenvalue weighted by Gasteiger charge is 2.30. The van der Waals surface area contributed by atoms with Gasteiger partial charge in [-0.2, -0.15) is 0 Å². The zero-order valence-electron chi connectivity index (χ0n) is 14.5. The first-order chi connectivity index (χ1) is 11.9. The molecule has 0 N–H and O–H groups in total. The van der Waals surface area contributed by atoms with E-state index in [4.69, 9.17) is 4.74 Å². The highest BCUT2D eigenvalue weighted by molar-refractivity contribution is 5.66. The molecule has 0 saturated carbocycles. The molecule has 2 aromatic carbocycles. The summed E-state index contributed by atoms with van der Waals surface area (Å²) in [7, 11) is 0. The van der Waals surface area contributed by atoms with Crippen molar-refractivity contribution >= 4 is 0 Å². The van der Waals surface area contributed by atoms with Crippen LogP contribution in [0.4, 0.5) is 13.2 Å². The topological polar surface area (TPSA) is 18.5 Å². The Bertz CT molecular complexity index is 664. The second-order valence-corrected chi connectivity index (χ2v) is 5.80. The smallest absolute Gasteiger partial charge is 0.493 e. The van der Waals surface area contributed by atoms with Gasteiger partial charge < -0.3 is 9.47 Å². The van der Waals surface area contributed by atoms with Crippen molar-refractivity contribution in [3.63, 3.8) is 0 Å². The van der Waals surface area contributed by atoms with Crippen molar-refractivity contribution in [1.82, 2.24) is 0 Å². The lowest BCUT2D eigenvalue weighted by molar-refractivity contribution is -0.274. The molecular weight excluding hydrogens is 329 g/mol. The SMILES string of the molecule is CCCCCOc1cc(-c2ccc(OC(F)(F)F)cc2)ccc1CC. The standard InChI is InChI=1S/C20H23F3O2/c1-3-5-6-13-24-19-14-17(8-7-15(19)4-2)16-9-11-18(12-10-16)25-20(21,22)23/h7-12,14H,3-6,13H2,1-2H3. The molecule has 0 aliphatic heterocycles. The van der Waals surface area contributed by atoms with Crippen LogP contribution in [0.25, 0.3) is 11.1 Å². The number of alkyl halides is 3. The van der Waals surface area contributed by atoms with Crippen molar-refractivity contribution in [1.29, 1.82) is 0 Å². The van der Waals surface area contributed by atoms with E-state index < -0.39 is 6.36 Å². The number of benzene rings is 2. The van der Waals surface area contributed by atoms with E-state index in [1.807, 2.05) is 18.2 Å². The summed E-state index contributed by atoms with van der Waals surface area (Å²) in [5.41, 5.74) is 2.84. The van der Waals surface area contributed by atoms with Gasteiger partial charge in [-0.25, -0.2) is 0 Å². The Kier molecular flexibility index (Phi) is 6.73. The quantitative estimate of drug-likeness (QED) is 0.513. The van der Waals surface area contributed by atoms with Crippen molar-refractivity contribution < 1.29 is 22.6 Å². The molecule has 0 fully saturated rings. The maximum absolute atomic E-state index is 12.2. The molecule has 136 valence electrons. The Labute approximate surface area is 146 Å². The van der Waals surface area contributed by atoms with Gasteiger partial charge in [0, 0.05) is 0 Å². The number of aryl methyl sites for hydroxylation is 1. The molecule has 0 unspecified atom stereocenters. The van der Waals surface area contributed by atoms with Crippen LogP contribution >= 0.6 is 0 Å². The largest absolute Gasteiger partial charge is 0.573 e. The van der Waals surface area contributed by atoms with Gasteiger partial charge in [0.25, 0.3) is 0 Å². The normalized spacial score (nSPS) is 11.4. The molecule has 0 atom stereocenters. The highest BCUT2D eigenvalue weighted by atomic mass is 19.4. The minimum atomic E-state index is -4.68. The molecular formula is C20H23F3O2. The highest BCUT2D eigenvalue weighted by Crippen LogP contribution is 2.30. The fourth-order valence-electron chi connectivity index (χ4n) is 2.54. The van der Waals surface area contributed by atoms with E-state index in [1.165, 1.54) is 12.1 Å². The van der Waals surface area contributed by atoms with E-state index in [-0.39, 0.29) is 5.75 Å². The summed E-state index contributed by atoms with van der Waals surface area (Å²) in [5, 5.41) is 0. The van der Waals surface area contributed by atoms with Gasteiger partial charge in [0.2, 0.25) is 0 Å². The second kappa shape index (κ2) is 8.79. The van der Waals surface area contributed by atoms with Gasteiger partial charge >= 0.3 is 6.36 Å². The summed E-state index contributed by atoms with van der Waals surface area (Å²) in [6.07, 6.45) is -0.545. The fourth-order valence-corrected chi connectivity index (χ4v) is 2.54. The number of hydrogen-bond acceptors (Lipinski definition) is 2. The lowest BCUT2D eigenvalue weighted by Gasteiger charge is -2.13. The van der Waals surface area contributed by atoms with Gasteiger partial charge in [0.1, 0.15) is 11.5 Å². The van der Waals surface area contributed by atoms with Crippen LogP contribution in [0.2, 0.25) is 0 Å². The molecule has 0 radical (unpaired) electrons.